The van der Waals surface area contributed by atoms with Gasteiger partial charge in [0.05, 0.1) is 6.54 Å². The van der Waals surface area contributed by atoms with Crippen LogP contribution in [0.2, 0.25) is 10.0 Å². The summed E-state index contributed by atoms with van der Waals surface area (Å²) in [6.07, 6.45) is 24.0. The molecule has 0 aliphatic carbocycles. The van der Waals surface area contributed by atoms with E-state index in [4.69, 9.17) is 23.2 Å². The van der Waals surface area contributed by atoms with Crippen LogP contribution in [-0.2, 0) is 13.1 Å². The van der Waals surface area contributed by atoms with Crippen molar-refractivity contribution >= 4 is 23.2 Å². The largest absolute Gasteiger partial charge is 1.00 e. The molecule has 0 saturated heterocycles. The summed E-state index contributed by atoms with van der Waals surface area (Å²) in [5.41, 5.74) is 1.07. The Kier molecular flexibility index (Phi) is 16.9. The third-order valence-corrected chi connectivity index (χ3v) is 6.96. The smallest absolute Gasteiger partial charge is 0.253 e. The van der Waals surface area contributed by atoms with Crippen molar-refractivity contribution in [1.82, 2.24) is 4.57 Å². The molecule has 0 aliphatic rings. The fourth-order valence-corrected chi connectivity index (χ4v) is 4.64. The van der Waals surface area contributed by atoms with Gasteiger partial charge in [-0.05, 0) is 31.0 Å². The summed E-state index contributed by atoms with van der Waals surface area (Å²) < 4.78 is 4.61. The second-order valence-electron chi connectivity index (χ2n) is 9.00. The van der Waals surface area contributed by atoms with Gasteiger partial charge in [0.25, 0.3) is 5.82 Å². The Morgan fingerprint density at radius 1 is 0.781 bits per heavy atom. The van der Waals surface area contributed by atoms with Gasteiger partial charge in [-0.25, -0.2) is 9.13 Å². The first-order valence-corrected chi connectivity index (χ1v) is 13.4. The van der Waals surface area contributed by atoms with Crippen molar-refractivity contribution in [2.24, 2.45) is 0 Å². The number of imidazole rings is 1. The van der Waals surface area contributed by atoms with E-state index in [0.717, 1.165) is 28.7 Å². The molecule has 0 bridgehead atoms. The van der Waals surface area contributed by atoms with E-state index in [0.29, 0.717) is 0 Å². The van der Waals surface area contributed by atoms with Crippen LogP contribution in [0.1, 0.15) is 108 Å². The van der Waals surface area contributed by atoms with E-state index in [2.05, 4.69) is 35.4 Å². The molecule has 1 heterocycles. The zero-order valence-corrected chi connectivity index (χ0v) is 23.9. The first-order chi connectivity index (χ1) is 15.1. The van der Waals surface area contributed by atoms with Crippen LogP contribution in [0.4, 0.5) is 0 Å². The lowest BCUT2D eigenvalue weighted by Gasteiger charge is -2.05. The lowest BCUT2D eigenvalue weighted by atomic mass is 10.0. The number of aromatic nitrogens is 2. The summed E-state index contributed by atoms with van der Waals surface area (Å²) in [5.74, 6) is 1.27. The number of nitrogens with zero attached hydrogens (tertiary/aromatic N) is 2. The van der Waals surface area contributed by atoms with Crippen molar-refractivity contribution in [3.05, 3.63) is 52.0 Å². The Labute approximate surface area is 224 Å². The number of benzene rings is 1. The minimum absolute atomic E-state index is 0. The third-order valence-electron chi connectivity index (χ3n) is 6.36. The van der Waals surface area contributed by atoms with Crippen LogP contribution in [-0.4, -0.2) is 4.57 Å². The zero-order valence-electron chi connectivity index (χ0n) is 20.2. The van der Waals surface area contributed by atoms with E-state index in [1.807, 2.05) is 18.2 Å². The highest BCUT2D eigenvalue weighted by Crippen LogP contribution is 2.20. The van der Waals surface area contributed by atoms with Crippen molar-refractivity contribution in [2.45, 2.75) is 117 Å². The second kappa shape index (κ2) is 18.1. The Morgan fingerprint density at radius 2 is 1.31 bits per heavy atom. The zero-order chi connectivity index (χ0) is 22.3. The molecule has 2 aromatic rings. The lowest BCUT2D eigenvalue weighted by molar-refractivity contribution is -0.694. The van der Waals surface area contributed by atoms with Crippen LogP contribution in [0, 0.1) is 6.92 Å². The van der Waals surface area contributed by atoms with Gasteiger partial charge in [0.2, 0.25) is 0 Å². The molecule has 1 aromatic heterocycles. The predicted octanol–water partition coefficient (Wildman–Crippen LogP) is 5.92. The van der Waals surface area contributed by atoms with Crippen LogP contribution in [0.25, 0.3) is 0 Å². The van der Waals surface area contributed by atoms with E-state index < -0.39 is 0 Å². The number of unbranched alkanes of at least 4 members (excludes halogenated alkanes) is 13. The average Bonchev–Trinajstić information content (AvgIpc) is 3.10. The number of aryl methyl sites for hydroxylation is 1. The normalized spacial score (nSPS) is 11.0. The molecule has 5 heteroatoms. The molecular formula is C27H43Cl2IN2. The van der Waals surface area contributed by atoms with Gasteiger partial charge in [-0.3, -0.25) is 0 Å². The van der Waals surface area contributed by atoms with E-state index in [-0.39, 0.29) is 24.0 Å². The molecule has 0 fully saturated rings. The molecule has 182 valence electrons. The highest BCUT2D eigenvalue weighted by Gasteiger charge is 2.14. The molecule has 0 saturated carbocycles. The highest BCUT2D eigenvalue weighted by atomic mass is 127. The van der Waals surface area contributed by atoms with Crippen LogP contribution in [0.15, 0.2) is 30.6 Å². The van der Waals surface area contributed by atoms with E-state index in [9.17, 15) is 0 Å². The number of hydrogen-bond donors (Lipinski definition) is 0. The Balaban J connectivity index is 0.00000512. The van der Waals surface area contributed by atoms with Gasteiger partial charge >= 0.3 is 0 Å². The second-order valence-corrected chi connectivity index (χ2v) is 9.84. The molecule has 32 heavy (non-hydrogen) atoms. The van der Waals surface area contributed by atoms with Crippen LogP contribution >= 0.6 is 23.2 Å². The van der Waals surface area contributed by atoms with Gasteiger partial charge in [0, 0.05) is 22.5 Å². The fraction of sp³-hybridized carbons (Fsp3) is 0.667. The first kappa shape index (κ1) is 29.8. The quantitative estimate of drug-likeness (QED) is 0.122. The molecule has 1 aromatic carbocycles. The molecule has 0 radical (unpaired) electrons. The first-order valence-electron chi connectivity index (χ1n) is 12.6. The van der Waals surface area contributed by atoms with Crippen LogP contribution < -0.4 is 28.5 Å². The van der Waals surface area contributed by atoms with E-state index in [1.165, 1.54) is 95.7 Å². The highest BCUT2D eigenvalue weighted by molar-refractivity contribution is 6.33. The predicted molar refractivity (Wildman–Crippen MR) is 135 cm³/mol. The van der Waals surface area contributed by atoms with Crippen molar-refractivity contribution in [3.8, 4) is 0 Å². The summed E-state index contributed by atoms with van der Waals surface area (Å²) in [7, 11) is 0. The molecule has 0 aliphatic heterocycles. The van der Waals surface area contributed by atoms with Gasteiger partial charge in [-0.1, -0.05) is 107 Å². The number of rotatable bonds is 17. The molecule has 0 N–H and O–H groups in total. The summed E-state index contributed by atoms with van der Waals surface area (Å²) in [4.78, 5) is 0. The molecule has 0 atom stereocenters. The van der Waals surface area contributed by atoms with Crippen molar-refractivity contribution in [3.63, 3.8) is 0 Å². The Hall–Kier alpha value is -0.260. The van der Waals surface area contributed by atoms with Gasteiger partial charge in [0.15, 0.2) is 0 Å². The number of hydrogen-bond acceptors (Lipinski definition) is 0. The van der Waals surface area contributed by atoms with Crippen molar-refractivity contribution in [2.75, 3.05) is 0 Å². The summed E-state index contributed by atoms with van der Waals surface area (Å²) in [6.45, 7) is 6.33. The number of halogens is 3. The average molecular weight is 593 g/mol. The topological polar surface area (TPSA) is 8.81 Å². The van der Waals surface area contributed by atoms with Gasteiger partial charge in [-0.2, -0.15) is 0 Å². The van der Waals surface area contributed by atoms with Gasteiger partial charge in [0.1, 0.15) is 18.9 Å². The Bertz CT molecular complexity index is 745. The fourth-order valence-electron chi connectivity index (χ4n) is 4.27. The molecule has 2 rings (SSSR count). The molecule has 0 unspecified atom stereocenters. The molecular weight excluding hydrogens is 550 g/mol. The molecule has 0 spiro atoms. The van der Waals surface area contributed by atoms with Crippen molar-refractivity contribution in [1.29, 1.82) is 0 Å². The maximum Gasteiger partial charge on any atom is 0.253 e. The van der Waals surface area contributed by atoms with Gasteiger partial charge in [-0.15, -0.1) is 0 Å². The Morgan fingerprint density at radius 3 is 1.88 bits per heavy atom. The summed E-state index contributed by atoms with van der Waals surface area (Å²) in [5, 5.41) is 1.51. The van der Waals surface area contributed by atoms with Gasteiger partial charge < -0.3 is 24.0 Å². The van der Waals surface area contributed by atoms with Crippen LogP contribution in [0.5, 0.6) is 0 Å². The molecule has 2 nitrogen and oxygen atoms in total. The minimum atomic E-state index is 0. The minimum Gasteiger partial charge on any atom is -1.00 e. The maximum absolute atomic E-state index is 6.33. The summed E-state index contributed by atoms with van der Waals surface area (Å²) >= 11 is 12.5. The monoisotopic (exact) mass is 592 g/mol. The maximum atomic E-state index is 6.33. The van der Waals surface area contributed by atoms with Crippen LogP contribution in [0.3, 0.4) is 0 Å². The SMILES string of the molecule is CCCCCCCCCCCCCCCCn1cc[n+](Cc2cc(Cl)ccc2Cl)c1C.[I-]. The third kappa shape index (κ3) is 11.7. The standard InChI is InChI=1S/C27H43Cl2N2.HI/c1-3-4-5-6-7-8-9-10-11-12-13-14-15-16-19-30-20-21-31(24(30)2)23-25-22-26(28)17-18-27(25)29;/h17-18,20-22H,3-16,19,23H2,1-2H3;1H/q+1;/p-1. The van der Waals surface area contributed by atoms with E-state index >= 15 is 0 Å². The van der Waals surface area contributed by atoms with Crippen molar-refractivity contribution < 1.29 is 28.5 Å². The van der Waals surface area contributed by atoms with E-state index in [1.54, 1.807) is 0 Å². The lowest BCUT2D eigenvalue weighted by Crippen LogP contribution is -3.00. The molecule has 0 amide bonds. The summed E-state index contributed by atoms with van der Waals surface area (Å²) in [6, 6.07) is 5.67.